The highest BCUT2D eigenvalue weighted by atomic mass is 15.4. The Labute approximate surface area is 99.8 Å². The van der Waals surface area contributed by atoms with E-state index in [9.17, 15) is 0 Å². The van der Waals surface area contributed by atoms with Crippen LogP contribution in [0.3, 0.4) is 0 Å². The molecular weight excluding hydrogens is 212 g/mol. The Balaban J connectivity index is 2.34. The van der Waals surface area contributed by atoms with E-state index in [1.165, 1.54) is 0 Å². The van der Waals surface area contributed by atoms with Gasteiger partial charge < -0.3 is 0 Å². The van der Waals surface area contributed by atoms with Gasteiger partial charge in [-0.3, -0.25) is 0 Å². The van der Waals surface area contributed by atoms with E-state index >= 15 is 0 Å². The summed E-state index contributed by atoms with van der Waals surface area (Å²) in [5.74, 6) is 0. The number of allylic oxidation sites excluding steroid dienone is 1. The summed E-state index contributed by atoms with van der Waals surface area (Å²) in [4.78, 5) is 0. The summed E-state index contributed by atoms with van der Waals surface area (Å²) in [5, 5.41) is 16.8. The number of benzene rings is 1. The zero-order chi connectivity index (χ0) is 12.1. The molecule has 0 bridgehead atoms. The van der Waals surface area contributed by atoms with Gasteiger partial charge in [-0.25, -0.2) is 4.68 Å². The van der Waals surface area contributed by atoms with Crippen molar-refractivity contribution >= 4 is 0 Å². The molecular formula is C13H12N4. The van der Waals surface area contributed by atoms with Crippen LogP contribution in [-0.4, -0.2) is 15.0 Å². The maximum atomic E-state index is 8.99. The number of rotatable bonds is 4. The van der Waals surface area contributed by atoms with Crippen molar-refractivity contribution in [1.82, 2.24) is 15.0 Å². The van der Waals surface area contributed by atoms with Gasteiger partial charge in [0.05, 0.1) is 12.2 Å². The zero-order valence-electron chi connectivity index (χ0n) is 9.37. The Hall–Kier alpha value is -2.41. The summed E-state index contributed by atoms with van der Waals surface area (Å²) in [6.45, 7) is 4.23. The fraction of sp³-hybridized carbons (Fsp3) is 0.154. The number of nitriles is 1. The molecule has 0 saturated heterocycles. The molecule has 0 atom stereocenters. The maximum absolute atomic E-state index is 8.99. The van der Waals surface area contributed by atoms with Crippen molar-refractivity contribution < 1.29 is 0 Å². The lowest BCUT2D eigenvalue weighted by molar-refractivity contribution is 0.637. The van der Waals surface area contributed by atoms with Crippen molar-refractivity contribution in [1.29, 1.82) is 5.26 Å². The lowest BCUT2D eigenvalue weighted by Gasteiger charge is -2.03. The topological polar surface area (TPSA) is 54.5 Å². The standard InChI is InChI=1S/C13H12N4/c1-2-8-17-13(12(10-14)15-16-17)9-11-6-4-3-5-7-11/h2-7H,1,8-9H2. The molecule has 4 nitrogen and oxygen atoms in total. The maximum Gasteiger partial charge on any atom is 0.186 e. The molecule has 1 heterocycles. The molecule has 0 aliphatic carbocycles. The second kappa shape index (κ2) is 5.08. The van der Waals surface area contributed by atoms with E-state index in [0.717, 1.165) is 11.3 Å². The number of nitrogens with zero attached hydrogens (tertiary/aromatic N) is 4. The fourth-order valence-corrected chi connectivity index (χ4v) is 1.65. The van der Waals surface area contributed by atoms with Gasteiger partial charge >= 0.3 is 0 Å². The molecule has 0 spiro atoms. The summed E-state index contributed by atoms with van der Waals surface area (Å²) >= 11 is 0. The SMILES string of the molecule is C=CCn1nnc(C#N)c1Cc1ccccc1. The normalized spacial score (nSPS) is 9.82. The van der Waals surface area contributed by atoms with Gasteiger partial charge in [-0.05, 0) is 5.56 Å². The largest absolute Gasteiger partial charge is 0.244 e. The van der Waals surface area contributed by atoms with Crippen LogP contribution in [0.2, 0.25) is 0 Å². The average molecular weight is 224 g/mol. The first-order valence-corrected chi connectivity index (χ1v) is 5.32. The van der Waals surface area contributed by atoms with E-state index in [1.54, 1.807) is 10.8 Å². The van der Waals surface area contributed by atoms with Crippen LogP contribution in [0.25, 0.3) is 0 Å². The van der Waals surface area contributed by atoms with Crippen LogP contribution in [0, 0.1) is 11.3 Å². The Bertz CT molecular complexity index is 549. The molecule has 0 saturated carbocycles. The molecule has 0 amide bonds. The van der Waals surface area contributed by atoms with Gasteiger partial charge in [-0.1, -0.05) is 41.6 Å². The monoisotopic (exact) mass is 224 g/mol. The molecule has 0 unspecified atom stereocenters. The first-order chi connectivity index (χ1) is 8.35. The predicted octanol–water partition coefficient (Wildman–Crippen LogP) is 1.93. The summed E-state index contributed by atoms with van der Waals surface area (Å²) in [6.07, 6.45) is 2.40. The molecule has 1 aromatic carbocycles. The summed E-state index contributed by atoms with van der Waals surface area (Å²) in [7, 11) is 0. The van der Waals surface area contributed by atoms with E-state index in [0.29, 0.717) is 18.7 Å². The number of hydrogen-bond donors (Lipinski definition) is 0. The van der Waals surface area contributed by atoms with Gasteiger partial charge in [0.2, 0.25) is 0 Å². The second-order valence-electron chi connectivity index (χ2n) is 3.63. The molecule has 4 heteroatoms. The minimum absolute atomic E-state index is 0.385. The molecule has 0 fully saturated rings. The molecule has 1 aromatic heterocycles. The summed E-state index contributed by atoms with van der Waals surface area (Å²) < 4.78 is 1.71. The van der Waals surface area contributed by atoms with Crippen LogP contribution in [0.5, 0.6) is 0 Å². The van der Waals surface area contributed by atoms with Crippen molar-refractivity contribution in [3.63, 3.8) is 0 Å². The Morgan fingerprint density at radius 3 is 2.76 bits per heavy atom. The third-order valence-electron chi connectivity index (χ3n) is 2.46. The van der Waals surface area contributed by atoms with E-state index in [4.69, 9.17) is 5.26 Å². The van der Waals surface area contributed by atoms with E-state index in [2.05, 4.69) is 23.0 Å². The van der Waals surface area contributed by atoms with E-state index in [-0.39, 0.29) is 0 Å². The van der Waals surface area contributed by atoms with Crippen LogP contribution < -0.4 is 0 Å². The van der Waals surface area contributed by atoms with E-state index in [1.807, 2.05) is 30.3 Å². The highest BCUT2D eigenvalue weighted by molar-refractivity contribution is 5.30. The Kier molecular flexibility index (Phi) is 3.31. The molecule has 2 aromatic rings. The second-order valence-corrected chi connectivity index (χ2v) is 3.63. The molecule has 0 aliphatic rings. The Morgan fingerprint density at radius 1 is 1.35 bits per heavy atom. The molecule has 0 aliphatic heterocycles. The van der Waals surface area contributed by atoms with Gasteiger partial charge in [-0.15, -0.1) is 11.7 Å². The molecule has 0 radical (unpaired) electrons. The van der Waals surface area contributed by atoms with Gasteiger partial charge in [-0.2, -0.15) is 5.26 Å². The van der Waals surface area contributed by atoms with Gasteiger partial charge in [0, 0.05) is 6.42 Å². The van der Waals surface area contributed by atoms with Gasteiger partial charge in [0.15, 0.2) is 5.69 Å². The van der Waals surface area contributed by atoms with Gasteiger partial charge in [0.25, 0.3) is 0 Å². The van der Waals surface area contributed by atoms with Crippen molar-refractivity contribution in [3.8, 4) is 6.07 Å². The predicted molar refractivity (Wildman–Crippen MR) is 64.2 cm³/mol. The lowest BCUT2D eigenvalue weighted by atomic mass is 10.1. The third-order valence-corrected chi connectivity index (χ3v) is 2.46. The molecule has 17 heavy (non-hydrogen) atoms. The van der Waals surface area contributed by atoms with Crippen molar-refractivity contribution in [3.05, 3.63) is 59.9 Å². The minimum atomic E-state index is 0.385. The molecule has 0 N–H and O–H groups in total. The number of aromatic nitrogens is 3. The highest BCUT2D eigenvalue weighted by Crippen LogP contribution is 2.11. The van der Waals surface area contributed by atoms with Crippen LogP contribution in [-0.2, 0) is 13.0 Å². The van der Waals surface area contributed by atoms with Crippen molar-refractivity contribution in [2.75, 3.05) is 0 Å². The van der Waals surface area contributed by atoms with Crippen LogP contribution in [0.15, 0.2) is 43.0 Å². The van der Waals surface area contributed by atoms with Crippen LogP contribution in [0.1, 0.15) is 17.0 Å². The molecule has 84 valence electrons. The fourth-order valence-electron chi connectivity index (χ4n) is 1.65. The summed E-state index contributed by atoms with van der Waals surface area (Å²) in [5.41, 5.74) is 2.35. The highest BCUT2D eigenvalue weighted by Gasteiger charge is 2.11. The van der Waals surface area contributed by atoms with Crippen molar-refractivity contribution in [2.45, 2.75) is 13.0 Å². The quantitative estimate of drug-likeness (QED) is 0.745. The smallest absolute Gasteiger partial charge is 0.186 e. The first kappa shape index (κ1) is 11.1. The van der Waals surface area contributed by atoms with Gasteiger partial charge in [0.1, 0.15) is 6.07 Å². The Morgan fingerprint density at radius 2 is 2.12 bits per heavy atom. The lowest BCUT2D eigenvalue weighted by Crippen LogP contribution is -2.05. The van der Waals surface area contributed by atoms with Crippen molar-refractivity contribution in [2.24, 2.45) is 0 Å². The first-order valence-electron chi connectivity index (χ1n) is 5.32. The van der Waals surface area contributed by atoms with Crippen LogP contribution in [0.4, 0.5) is 0 Å². The zero-order valence-corrected chi connectivity index (χ0v) is 9.37. The third kappa shape index (κ3) is 2.40. The number of hydrogen-bond acceptors (Lipinski definition) is 3. The minimum Gasteiger partial charge on any atom is -0.244 e. The average Bonchev–Trinajstić information content (AvgIpc) is 2.74. The molecule has 2 rings (SSSR count). The van der Waals surface area contributed by atoms with E-state index < -0.39 is 0 Å². The van der Waals surface area contributed by atoms with Crippen LogP contribution >= 0.6 is 0 Å². The summed E-state index contributed by atoms with van der Waals surface area (Å²) in [6, 6.07) is 12.0.